The fraction of sp³-hybridized carbons (Fsp3) is 0.324. The van der Waals surface area contributed by atoms with E-state index in [4.69, 9.17) is 5.10 Å². The summed E-state index contributed by atoms with van der Waals surface area (Å²) in [4.78, 5) is 29.0. The molecule has 242 valence electrons. The lowest BCUT2D eigenvalue weighted by molar-refractivity contribution is 0.0910. The van der Waals surface area contributed by atoms with Gasteiger partial charge < -0.3 is 10.6 Å². The average molecular weight is 631 g/mol. The standard InChI is InChI=1S/C37H42N8O2/c1-24-11-17-29(18-12-24)44-32(23-31(42-44)37(3,4)5)40-36(47)39-28-15-13-26(14-16-28)33(27-19-21-38-22-20-27)35(46)34-25(2)41-45(43-34)30-9-7-6-8-10-30/h6-18,23,27,33,38H,19-22H2,1-5H3,(H2,39,40,47). The number of carbonyl (C=O) groups is 2. The largest absolute Gasteiger partial charge is 0.324 e. The number of aryl methyl sites for hydroxylation is 2. The Balaban J connectivity index is 1.22. The van der Waals surface area contributed by atoms with Gasteiger partial charge in [-0.1, -0.05) is 68.8 Å². The van der Waals surface area contributed by atoms with E-state index in [1.807, 2.05) is 98.8 Å². The van der Waals surface area contributed by atoms with E-state index in [2.05, 4.69) is 46.9 Å². The summed E-state index contributed by atoms with van der Waals surface area (Å²) in [6, 6.07) is 26.7. The minimum absolute atomic E-state index is 0.0333. The first-order valence-corrected chi connectivity index (χ1v) is 16.2. The van der Waals surface area contributed by atoms with Crippen LogP contribution >= 0.6 is 0 Å². The highest BCUT2D eigenvalue weighted by atomic mass is 16.2. The number of piperidine rings is 1. The number of hydrogen-bond donors (Lipinski definition) is 3. The molecule has 3 N–H and O–H groups in total. The van der Waals surface area contributed by atoms with Crippen LogP contribution in [0.3, 0.4) is 0 Å². The molecule has 1 saturated heterocycles. The normalized spacial score (nSPS) is 14.5. The Labute approximate surface area is 275 Å². The quantitative estimate of drug-likeness (QED) is 0.159. The number of ketones is 1. The molecule has 0 radical (unpaired) electrons. The minimum atomic E-state index is -0.384. The molecule has 1 aliphatic rings. The molecule has 47 heavy (non-hydrogen) atoms. The van der Waals surface area contributed by atoms with Gasteiger partial charge in [0.2, 0.25) is 0 Å². The monoisotopic (exact) mass is 630 g/mol. The first-order chi connectivity index (χ1) is 22.6. The molecular formula is C37H42N8O2. The van der Waals surface area contributed by atoms with Crippen LogP contribution in [0.2, 0.25) is 0 Å². The van der Waals surface area contributed by atoms with Gasteiger partial charge >= 0.3 is 6.03 Å². The summed E-state index contributed by atoms with van der Waals surface area (Å²) in [5.74, 6) is 0.322. The van der Waals surface area contributed by atoms with Gasteiger partial charge in [0.1, 0.15) is 5.82 Å². The molecular weight excluding hydrogens is 588 g/mol. The Hall–Kier alpha value is -5.09. The van der Waals surface area contributed by atoms with Crippen LogP contribution in [0.25, 0.3) is 11.4 Å². The van der Waals surface area contributed by atoms with E-state index in [-0.39, 0.29) is 29.1 Å². The number of nitrogens with one attached hydrogen (secondary N) is 3. The SMILES string of the molecule is Cc1ccc(-n2nc(C(C)(C)C)cc2NC(=O)Nc2ccc(C(C(=O)c3nn(-c4ccccc4)nc3C)C3CCNCC3)cc2)cc1. The number of Topliss-reactive ketones (excluding diaryl/α,β-unsaturated/α-hetero) is 1. The fourth-order valence-corrected chi connectivity index (χ4v) is 6.02. The molecule has 1 atom stereocenters. The molecule has 2 amide bonds. The van der Waals surface area contributed by atoms with Gasteiger partial charge in [0.25, 0.3) is 0 Å². The third-order valence-corrected chi connectivity index (χ3v) is 8.67. The second-order valence-corrected chi connectivity index (χ2v) is 13.3. The molecule has 0 bridgehead atoms. The summed E-state index contributed by atoms with van der Waals surface area (Å²) in [7, 11) is 0. The number of nitrogens with zero attached hydrogens (tertiary/aromatic N) is 5. The third kappa shape index (κ3) is 7.18. The molecule has 0 saturated carbocycles. The summed E-state index contributed by atoms with van der Waals surface area (Å²) in [6.45, 7) is 11.9. The maximum Gasteiger partial charge on any atom is 0.324 e. The van der Waals surface area contributed by atoms with Crippen molar-refractivity contribution in [2.45, 2.75) is 58.8 Å². The van der Waals surface area contributed by atoms with Gasteiger partial charge in [-0.2, -0.15) is 15.0 Å². The first kappa shape index (κ1) is 31.9. The van der Waals surface area contributed by atoms with Gasteiger partial charge in [0.05, 0.1) is 28.7 Å². The molecule has 5 aromatic rings. The number of urea groups is 1. The van der Waals surface area contributed by atoms with Crippen molar-refractivity contribution in [3.8, 4) is 11.4 Å². The van der Waals surface area contributed by atoms with Crippen LogP contribution in [0.15, 0.2) is 84.9 Å². The van der Waals surface area contributed by atoms with Crippen LogP contribution < -0.4 is 16.0 Å². The summed E-state index contributed by atoms with van der Waals surface area (Å²) in [6.07, 6.45) is 1.77. The number of amides is 2. The van der Waals surface area contributed by atoms with Gasteiger partial charge in [0.15, 0.2) is 11.5 Å². The Kier molecular flexibility index (Phi) is 9.04. The first-order valence-electron chi connectivity index (χ1n) is 16.2. The summed E-state index contributed by atoms with van der Waals surface area (Å²) >= 11 is 0. The second kappa shape index (κ2) is 13.3. The molecule has 1 aliphatic heterocycles. The van der Waals surface area contributed by atoms with Crippen LogP contribution in [0.4, 0.5) is 16.3 Å². The smallest absolute Gasteiger partial charge is 0.317 e. The van der Waals surface area contributed by atoms with Gasteiger partial charge in [-0.3, -0.25) is 10.1 Å². The molecule has 3 heterocycles. The maximum absolute atomic E-state index is 14.2. The molecule has 3 aromatic carbocycles. The van der Waals surface area contributed by atoms with Gasteiger partial charge in [-0.05, 0) is 87.7 Å². The lowest BCUT2D eigenvalue weighted by atomic mass is 9.77. The fourth-order valence-electron chi connectivity index (χ4n) is 6.02. The van der Waals surface area contributed by atoms with E-state index in [0.717, 1.165) is 54.1 Å². The van der Waals surface area contributed by atoms with Crippen LogP contribution in [0.1, 0.15) is 72.5 Å². The average Bonchev–Trinajstić information content (AvgIpc) is 3.67. The summed E-state index contributed by atoms with van der Waals surface area (Å²) in [5.41, 5.74) is 5.98. The zero-order valence-corrected chi connectivity index (χ0v) is 27.6. The zero-order chi connectivity index (χ0) is 33.1. The Morgan fingerprint density at radius 2 is 1.51 bits per heavy atom. The van der Waals surface area contributed by atoms with Crippen molar-refractivity contribution in [2.75, 3.05) is 23.7 Å². The molecule has 10 heteroatoms. The number of aromatic nitrogens is 5. The second-order valence-electron chi connectivity index (χ2n) is 13.3. The molecule has 1 fully saturated rings. The summed E-state index contributed by atoms with van der Waals surface area (Å²) < 4.78 is 1.76. The third-order valence-electron chi connectivity index (χ3n) is 8.67. The van der Waals surface area contributed by atoms with E-state index in [0.29, 0.717) is 22.9 Å². The molecule has 0 aliphatic carbocycles. The lowest BCUT2D eigenvalue weighted by Gasteiger charge is -2.30. The number of carbonyl (C=O) groups excluding carboxylic acids is 2. The zero-order valence-electron chi connectivity index (χ0n) is 27.6. The van der Waals surface area contributed by atoms with Crippen molar-refractivity contribution in [3.05, 3.63) is 113 Å². The van der Waals surface area contributed by atoms with Crippen molar-refractivity contribution in [1.29, 1.82) is 0 Å². The predicted molar refractivity (Wildman–Crippen MR) is 185 cm³/mol. The van der Waals surface area contributed by atoms with Crippen LogP contribution in [0, 0.1) is 19.8 Å². The predicted octanol–water partition coefficient (Wildman–Crippen LogP) is 6.98. The highest BCUT2D eigenvalue weighted by Gasteiger charge is 2.34. The van der Waals surface area contributed by atoms with Crippen LogP contribution in [-0.2, 0) is 5.41 Å². The van der Waals surface area contributed by atoms with Crippen molar-refractivity contribution in [3.63, 3.8) is 0 Å². The highest BCUT2D eigenvalue weighted by Crippen LogP contribution is 2.35. The number of para-hydroxylation sites is 1. The molecule has 10 nitrogen and oxygen atoms in total. The number of anilines is 2. The number of rotatable bonds is 8. The minimum Gasteiger partial charge on any atom is -0.317 e. The maximum atomic E-state index is 14.2. The van der Waals surface area contributed by atoms with Gasteiger partial charge in [-0.15, -0.1) is 5.10 Å². The Bertz CT molecular complexity index is 1850. The highest BCUT2D eigenvalue weighted by molar-refractivity contribution is 6.01. The van der Waals surface area contributed by atoms with E-state index >= 15 is 0 Å². The topological polar surface area (TPSA) is 119 Å². The van der Waals surface area contributed by atoms with Crippen LogP contribution in [-0.4, -0.2) is 49.7 Å². The molecule has 0 spiro atoms. The van der Waals surface area contributed by atoms with Crippen molar-refractivity contribution in [2.24, 2.45) is 5.92 Å². The van der Waals surface area contributed by atoms with Crippen molar-refractivity contribution >= 4 is 23.3 Å². The number of hydrogen-bond acceptors (Lipinski definition) is 6. The Morgan fingerprint density at radius 3 is 2.17 bits per heavy atom. The summed E-state index contributed by atoms with van der Waals surface area (Å²) in [5, 5.41) is 23.4. The van der Waals surface area contributed by atoms with Gasteiger partial charge in [-0.25, -0.2) is 9.48 Å². The van der Waals surface area contributed by atoms with E-state index in [1.54, 1.807) is 4.68 Å². The van der Waals surface area contributed by atoms with E-state index in [1.165, 1.54) is 4.80 Å². The Morgan fingerprint density at radius 1 is 0.830 bits per heavy atom. The van der Waals surface area contributed by atoms with E-state index in [9.17, 15) is 9.59 Å². The number of benzene rings is 3. The van der Waals surface area contributed by atoms with Crippen molar-refractivity contribution in [1.82, 2.24) is 30.1 Å². The molecule has 6 rings (SSSR count). The lowest BCUT2D eigenvalue weighted by Crippen LogP contribution is -2.34. The van der Waals surface area contributed by atoms with Gasteiger partial charge in [0, 0.05) is 17.2 Å². The van der Waals surface area contributed by atoms with Crippen LogP contribution in [0.5, 0.6) is 0 Å². The molecule has 1 unspecified atom stereocenters. The molecule has 2 aromatic heterocycles. The van der Waals surface area contributed by atoms with Crippen molar-refractivity contribution < 1.29 is 9.59 Å². The van der Waals surface area contributed by atoms with E-state index < -0.39 is 0 Å².